The third-order valence-corrected chi connectivity index (χ3v) is 1.74. The molecule has 1 heterocycles. The van der Waals surface area contributed by atoms with Crippen LogP contribution in [0.15, 0.2) is 37.2 Å². The molecule has 62 valence electrons. The second kappa shape index (κ2) is 4.50. The summed E-state index contributed by atoms with van der Waals surface area (Å²) in [5.41, 5.74) is 2.50. The lowest BCUT2D eigenvalue weighted by Gasteiger charge is -1.99. The van der Waals surface area contributed by atoms with E-state index in [0.29, 0.717) is 0 Å². The molecular weight excluding hydrogens is 146 g/mol. The fraction of sp³-hybridized carbons (Fsp3) is 0.182. The number of pyridine rings is 1. The highest BCUT2D eigenvalue weighted by Gasteiger charge is 1.93. The second-order valence-electron chi connectivity index (χ2n) is 2.52. The number of aryl methyl sites for hydroxylation is 1. The van der Waals surface area contributed by atoms with Gasteiger partial charge in [0.2, 0.25) is 0 Å². The van der Waals surface area contributed by atoms with Crippen molar-refractivity contribution in [3.8, 4) is 0 Å². The Balaban J connectivity index is 2.96. The Bertz CT molecular complexity index is 287. The maximum atomic E-state index is 4.06. The van der Waals surface area contributed by atoms with Crippen LogP contribution in [0.5, 0.6) is 0 Å². The molecule has 1 heteroatoms. The number of nitrogens with zero attached hydrogens (tertiary/aromatic N) is 1. The van der Waals surface area contributed by atoms with Crippen molar-refractivity contribution in [3.05, 3.63) is 48.3 Å². The average Bonchev–Trinajstić information content (AvgIpc) is 2.15. The van der Waals surface area contributed by atoms with E-state index in [9.17, 15) is 0 Å². The van der Waals surface area contributed by atoms with Crippen molar-refractivity contribution < 1.29 is 0 Å². The minimum Gasteiger partial charge on any atom is -0.264 e. The summed E-state index contributed by atoms with van der Waals surface area (Å²) in [5, 5.41) is 0. The smallest absolute Gasteiger partial charge is 0.0343 e. The Morgan fingerprint density at radius 2 is 2.42 bits per heavy atom. The first-order valence-electron chi connectivity index (χ1n) is 4.10. The van der Waals surface area contributed by atoms with E-state index in [1.807, 2.05) is 30.6 Å². The van der Waals surface area contributed by atoms with Crippen LogP contribution in [-0.4, -0.2) is 4.98 Å². The first-order valence-corrected chi connectivity index (χ1v) is 4.10. The van der Waals surface area contributed by atoms with Gasteiger partial charge in [-0.15, -0.1) is 0 Å². The van der Waals surface area contributed by atoms with Crippen LogP contribution in [-0.2, 0) is 6.42 Å². The SMILES string of the molecule is C=C/C=C\c1cnccc1CC. The highest BCUT2D eigenvalue weighted by Crippen LogP contribution is 2.09. The lowest BCUT2D eigenvalue weighted by atomic mass is 10.1. The molecule has 0 bridgehead atoms. The molecular formula is C11H13N. The van der Waals surface area contributed by atoms with E-state index < -0.39 is 0 Å². The van der Waals surface area contributed by atoms with Gasteiger partial charge in [0.25, 0.3) is 0 Å². The Hall–Kier alpha value is -1.37. The quantitative estimate of drug-likeness (QED) is 0.618. The van der Waals surface area contributed by atoms with Crippen LogP contribution in [0, 0.1) is 0 Å². The van der Waals surface area contributed by atoms with Gasteiger partial charge in [-0.3, -0.25) is 4.98 Å². The Labute approximate surface area is 73.5 Å². The molecule has 0 radical (unpaired) electrons. The van der Waals surface area contributed by atoms with Crippen molar-refractivity contribution >= 4 is 6.08 Å². The van der Waals surface area contributed by atoms with Crippen LogP contribution in [0.25, 0.3) is 6.08 Å². The van der Waals surface area contributed by atoms with E-state index >= 15 is 0 Å². The molecule has 1 rings (SSSR count). The zero-order chi connectivity index (χ0) is 8.81. The Kier molecular flexibility index (Phi) is 3.27. The van der Waals surface area contributed by atoms with Gasteiger partial charge in [0.1, 0.15) is 0 Å². The van der Waals surface area contributed by atoms with E-state index in [1.165, 1.54) is 11.1 Å². The molecule has 0 atom stereocenters. The van der Waals surface area contributed by atoms with E-state index in [1.54, 1.807) is 6.08 Å². The van der Waals surface area contributed by atoms with Gasteiger partial charge in [-0.25, -0.2) is 0 Å². The van der Waals surface area contributed by atoms with Crippen molar-refractivity contribution in [1.82, 2.24) is 4.98 Å². The molecule has 0 fully saturated rings. The average molecular weight is 159 g/mol. The number of hydrogen-bond acceptors (Lipinski definition) is 1. The maximum absolute atomic E-state index is 4.06. The van der Waals surface area contributed by atoms with Crippen molar-refractivity contribution in [2.45, 2.75) is 13.3 Å². The topological polar surface area (TPSA) is 12.9 Å². The lowest BCUT2D eigenvalue weighted by Crippen LogP contribution is -1.86. The molecule has 0 spiro atoms. The summed E-state index contributed by atoms with van der Waals surface area (Å²) in [6.45, 7) is 5.76. The third kappa shape index (κ3) is 2.06. The summed E-state index contributed by atoms with van der Waals surface area (Å²) in [5.74, 6) is 0. The Morgan fingerprint density at radius 1 is 1.58 bits per heavy atom. The van der Waals surface area contributed by atoms with Gasteiger partial charge in [0, 0.05) is 12.4 Å². The van der Waals surface area contributed by atoms with Gasteiger partial charge < -0.3 is 0 Å². The van der Waals surface area contributed by atoms with Crippen LogP contribution < -0.4 is 0 Å². The zero-order valence-corrected chi connectivity index (χ0v) is 7.33. The maximum Gasteiger partial charge on any atom is 0.0343 e. The zero-order valence-electron chi connectivity index (χ0n) is 7.33. The molecule has 0 aliphatic carbocycles. The number of aromatic nitrogens is 1. The molecule has 12 heavy (non-hydrogen) atoms. The summed E-state index contributed by atoms with van der Waals surface area (Å²) in [6, 6.07) is 2.04. The molecule has 1 aromatic rings. The van der Waals surface area contributed by atoms with Crippen LogP contribution >= 0.6 is 0 Å². The molecule has 0 aromatic carbocycles. The summed E-state index contributed by atoms with van der Waals surface area (Å²) < 4.78 is 0. The fourth-order valence-corrected chi connectivity index (χ4v) is 1.08. The van der Waals surface area contributed by atoms with Crippen LogP contribution in [0.4, 0.5) is 0 Å². The van der Waals surface area contributed by atoms with Crippen molar-refractivity contribution in [3.63, 3.8) is 0 Å². The van der Waals surface area contributed by atoms with Crippen molar-refractivity contribution in [1.29, 1.82) is 0 Å². The summed E-state index contributed by atoms with van der Waals surface area (Å²) >= 11 is 0. The van der Waals surface area contributed by atoms with Crippen molar-refractivity contribution in [2.75, 3.05) is 0 Å². The van der Waals surface area contributed by atoms with Gasteiger partial charge in [-0.05, 0) is 23.6 Å². The molecule has 0 saturated carbocycles. The molecule has 0 unspecified atom stereocenters. The molecule has 0 saturated heterocycles. The summed E-state index contributed by atoms with van der Waals surface area (Å²) in [7, 11) is 0. The normalized spacial score (nSPS) is 10.4. The van der Waals surface area contributed by atoms with E-state index in [2.05, 4.69) is 18.5 Å². The third-order valence-electron chi connectivity index (χ3n) is 1.74. The number of rotatable bonds is 3. The highest BCUT2D eigenvalue weighted by atomic mass is 14.6. The van der Waals surface area contributed by atoms with E-state index in [-0.39, 0.29) is 0 Å². The first-order chi connectivity index (χ1) is 5.88. The predicted octanol–water partition coefficient (Wildman–Crippen LogP) is 2.84. The fourth-order valence-electron chi connectivity index (χ4n) is 1.08. The predicted molar refractivity (Wildman–Crippen MR) is 52.8 cm³/mol. The van der Waals surface area contributed by atoms with Gasteiger partial charge in [-0.2, -0.15) is 0 Å². The van der Waals surface area contributed by atoms with Gasteiger partial charge >= 0.3 is 0 Å². The van der Waals surface area contributed by atoms with E-state index in [4.69, 9.17) is 0 Å². The van der Waals surface area contributed by atoms with E-state index in [0.717, 1.165) is 6.42 Å². The molecule has 0 aliphatic heterocycles. The molecule has 0 amide bonds. The van der Waals surface area contributed by atoms with Crippen molar-refractivity contribution in [2.24, 2.45) is 0 Å². The standard InChI is InChI=1S/C11H13N/c1-3-5-6-11-9-12-8-7-10(11)4-2/h3,5-9H,1,4H2,2H3/b6-5-. The minimum absolute atomic E-state index is 1.04. The highest BCUT2D eigenvalue weighted by molar-refractivity contribution is 5.53. The summed E-state index contributed by atoms with van der Waals surface area (Å²) in [6.07, 6.45) is 10.5. The van der Waals surface area contributed by atoms with Crippen LogP contribution in [0.2, 0.25) is 0 Å². The summed E-state index contributed by atoms with van der Waals surface area (Å²) in [4.78, 5) is 4.06. The molecule has 0 N–H and O–H groups in total. The second-order valence-corrected chi connectivity index (χ2v) is 2.52. The van der Waals surface area contributed by atoms with Gasteiger partial charge in [-0.1, -0.05) is 31.7 Å². The Morgan fingerprint density at radius 3 is 3.08 bits per heavy atom. The largest absolute Gasteiger partial charge is 0.264 e. The minimum atomic E-state index is 1.04. The molecule has 1 nitrogen and oxygen atoms in total. The van der Waals surface area contributed by atoms with Crippen LogP contribution in [0.3, 0.4) is 0 Å². The lowest BCUT2D eigenvalue weighted by molar-refractivity contribution is 1.11. The molecule has 0 aliphatic rings. The molecule has 1 aromatic heterocycles. The first kappa shape index (κ1) is 8.72. The number of hydrogen-bond donors (Lipinski definition) is 0. The van der Waals surface area contributed by atoms with Gasteiger partial charge in [0.15, 0.2) is 0 Å². The van der Waals surface area contributed by atoms with Crippen LogP contribution in [0.1, 0.15) is 18.1 Å². The monoisotopic (exact) mass is 159 g/mol. The number of allylic oxidation sites excluding steroid dienone is 2. The van der Waals surface area contributed by atoms with Gasteiger partial charge in [0.05, 0.1) is 0 Å².